The van der Waals surface area contributed by atoms with Crippen LogP contribution in [-0.4, -0.2) is 204 Å². The van der Waals surface area contributed by atoms with Crippen LogP contribution in [0.1, 0.15) is 207 Å². The minimum Gasteiger partial charge on any atom is -0.481 e. The Morgan fingerprint density at radius 3 is 1.24 bits per heavy atom. The maximum absolute atomic E-state index is 12.4. The molecule has 12 N–H and O–H groups in total. The monoisotopic (exact) mass is 1280 g/mol. The van der Waals surface area contributed by atoms with Crippen molar-refractivity contribution in [3.8, 4) is 0 Å². The number of aliphatic hydroxyl groups is 1. The predicted molar refractivity (Wildman–Crippen MR) is 327 cm³/mol. The number of carbonyl (C=O) groups is 12. The molecule has 0 fully saturated rings. The van der Waals surface area contributed by atoms with Crippen LogP contribution in [0.5, 0.6) is 0 Å². The molecule has 28 heteroatoms. The zero-order valence-corrected chi connectivity index (χ0v) is 53.3. The normalized spacial score (nSPS) is 13.0. The number of aliphatic carboxylic acids is 5. The maximum atomic E-state index is 12.4. The highest BCUT2D eigenvalue weighted by Crippen LogP contribution is 2.16. The zero-order valence-electron chi connectivity index (χ0n) is 53.3. The lowest BCUT2D eigenvalue weighted by molar-refractivity contribution is -0.144. The van der Waals surface area contributed by atoms with Crippen LogP contribution in [0.4, 0.5) is 0 Å². The van der Waals surface area contributed by atoms with Gasteiger partial charge in [-0.2, -0.15) is 0 Å². The summed E-state index contributed by atoms with van der Waals surface area (Å²) in [5.41, 5.74) is 0. The van der Waals surface area contributed by atoms with E-state index in [4.69, 9.17) is 29.2 Å². The largest absolute Gasteiger partial charge is 0.481 e. The van der Waals surface area contributed by atoms with E-state index in [-0.39, 0.29) is 94.2 Å². The van der Waals surface area contributed by atoms with Crippen LogP contribution < -0.4 is 31.9 Å². The van der Waals surface area contributed by atoms with Gasteiger partial charge in [-0.1, -0.05) is 97.3 Å². The second-order valence-electron chi connectivity index (χ2n) is 21.7. The summed E-state index contributed by atoms with van der Waals surface area (Å²) in [4.78, 5) is 141. The van der Waals surface area contributed by atoms with E-state index < -0.39 is 90.7 Å². The number of rotatable bonds is 60. The minimum absolute atomic E-state index is 0.0265. The molecule has 0 heterocycles. The fraction of sp³-hybridized carbons (Fsp3) is 0.803. The summed E-state index contributed by atoms with van der Waals surface area (Å²) >= 11 is 0. The van der Waals surface area contributed by atoms with Gasteiger partial charge in [0.2, 0.25) is 29.5 Å². The lowest BCUT2D eigenvalue weighted by atomic mass is 9.94. The van der Waals surface area contributed by atoms with E-state index in [0.29, 0.717) is 84.6 Å². The summed E-state index contributed by atoms with van der Waals surface area (Å²) in [5, 5.41) is 70.5. The molecular weight excluding hydrogens is 1170 g/mol. The topological polar surface area (TPSA) is 435 Å². The van der Waals surface area contributed by atoms with Crippen molar-refractivity contribution >= 4 is 70.9 Å². The molecule has 0 radical (unpaired) electrons. The van der Waals surface area contributed by atoms with Gasteiger partial charge in [0, 0.05) is 64.1 Å². The number of carboxylic acids is 5. The number of hydrogen-bond donors (Lipinski definition) is 12. The number of unbranched alkanes of at least 4 members (excludes halogenated alkanes) is 14. The average Bonchev–Trinajstić information content (AvgIpc) is 3.69. The number of Topliss-reactive ketones (excluding diaryl/α,β-unsaturated/α-hetero) is 2. The number of aliphatic hydroxyl groups excluding tert-OH is 1. The number of carboxylic acid groups (broad SMARTS) is 5. The van der Waals surface area contributed by atoms with Crippen molar-refractivity contribution in [2.45, 2.75) is 238 Å². The van der Waals surface area contributed by atoms with E-state index in [9.17, 15) is 78.0 Å². The number of amides is 5. The molecule has 6 atom stereocenters. The summed E-state index contributed by atoms with van der Waals surface area (Å²) in [5.74, 6) is -8.94. The predicted octanol–water partition coefficient (Wildman–Crippen LogP) is 4.22. The van der Waals surface area contributed by atoms with Gasteiger partial charge < -0.3 is 76.2 Å². The van der Waals surface area contributed by atoms with Gasteiger partial charge in [0.25, 0.3) is 0 Å². The molecule has 0 aromatic heterocycles. The van der Waals surface area contributed by atoms with Crippen LogP contribution in [0, 0.1) is 5.92 Å². The summed E-state index contributed by atoms with van der Waals surface area (Å²) < 4.78 is 20.9. The third-order valence-electron chi connectivity index (χ3n) is 14.0. The molecule has 514 valence electrons. The average molecular weight is 1280 g/mol. The van der Waals surface area contributed by atoms with Crippen molar-refractivity contribution in [2.75, 3.05) is 72.5 Å². The molecule has 89 heavy (non-hydrogen) atoms. The third-order valence-corrected chi connectivity index (χ3v) is 14.0. The van der Waals surface area contributed by atoms with Crippen LogP contribution in [0.25, 0.3) is 0 Å². The number of carbonyl (C=O) groups excluding carboxylic acids is 7. The summed E-state index contributed by atoms with van der Waals surface area (Å²) in [6.07, 6.45) is 15.8. The SMILES string of the molecule is CCCC(=O)CC[C@H](NC(=O)CC[C@H](NC(=O)CC[C@H](NC(=O)CCCCCCCCCCCCCCCCC(=O)O)C(=O)O)C(=O)O)C(=O)O.CCOCCOCC(=O)NCCOCCOCC(=O)NCCCC[C@H](CC)C(=O)CN[C@H](C(=O)O)[C@@H](C)O. The minimum atomic E-state index is -1.49. The fourth-order valence-electron chi connectivity index (χ4n) is 8.85. The first-order valence-corrected chi connectivity index (χ1v) is 31.8. The highest BCUT2D eigenvalue weighted by atomic mass is 16.5. The molecule has 0 aliphatic carbocycles. The standard InChI is InChI=1S/C36H61N3O12.C25H47N3O10/c1-2-17-26(40)20-21-27(34(46)47)38-31(42)25-23-29(36(50)51)39-32(43)24-22-28(35(48)49)37-30(41)18-15-13-11-9-7-5-3-4-6-8-10-12-14-16-19-33(44)45;1-4-20(21(30)16-28-24(19(3)29)25(33)34)8-6-7-9-26-22(31)17-38-15-13-36-11-10-27-23(32)18-37-14-12-35-5-2/h27-29H,2-25H2,1H3,(H,37,41)(H,38,42)(H,39,43)(H,44,45)(H,46,47)(H,48,49)(H,50,51);19-20,24,28-29H,4-18H2,1-3H3,(H,26,31)(H,27,32)(H,33,34)/t27-,28-,29-;19-,20+,24+/m01/s1. The second kappa shape index (κ2) is 57.0. The fourth-order valence-corrected chi connectivity index (χ4v) is 8.85. The number of ketones is 2. The molecule has 0 spiro atoms. The molecule has 0 aromatic rings. The first-order valence-electron chi connectivity index (χ1n) is 31.8. The van der Waals surface area contributed by atoms with Crippen LogP contribution in [0.15, 0.2) is 0 Å². The van der Waals surface area contributed by atoms with E-state index in [1.54, 1.807) is 0 Å². The van der Waals surface area contributed by atoms with Crippen molar-refractivity contribution in [3.05, 3.63) is 0 Å². The number of ether oxygens (including phenoxy) is 4. The molecule has 0 aliphatic rings. The van der Waals surface area contributed by atoms with Gasteiger partial charge in [-0.05, 0) is 71.6 Å². The van der Waals surface area contributed by atoms with Crippen LogP contribution in [-0.2, 0) is 76.5 Å². The quantitative estimate of drug-likeness (QED) is 0.0379. The van der Waals surface area contributed by atoms with Crippen molar-refractivity contribution < 1.29 is 107 Å². The van der Waals surface area contributed by atoms with Gasteiger partial charge in [-0.3, -0.25) is 48.5 Å². The van der Waals surface area contributed by atoms with Crippen molar-refractivity contribution in [3.63, 3.8) is 0 Å². The van der Waals surface area contributed by atoms with Gasteiger partial charge in [0.05, 0.1) is 45.7 Å². The van der Waals surface area contributed by atoms with Gasteiger partial charge in [0.1, 0.15) is 48.9 Å². The van der Waals surface area contributed by atoms with E-state index in [2.05, 4.69) is 31.9 Å². The van der Waals surface area contributed by atoms with Gasteiger partial charge >= 0.3 is 29.8 Å². The van der Waals surface area contributed by atoms with Crippen molar-refractivity contribution in [1.82, 2.24) is 31.9 Å². The van der Waals surface area contributed by atoms with E-state index >= 15 is 0 Å². The van der Waals surface area contributed by atoms with Crippen molar-refractivity contribution in [1.29, 1.82) is 0 Å². The molecule has 28 nitrogen and oxygen atoms in total. The molecule has 0 rings (SSSR count). The van der Waals surface area contributed by atoms with Gasteiger partial charge in [-0.25, -0.2) is 14.4 Å². The maximum Gasteiger partial charge on any atom is 0.326 e. The molecule has 0 saturated carbocycles. The number of nitrogens with one attached hydrogen (secondary N) is 6. The summed E-state index contributed by atoms with van der Waals surface area (Å²) in [6.45, 7) is 9.81. The van der Waals surface area contributed by atoms with E-state index in [1.807, 2.05) is 20.8 Å². The Labute approximate surface area is 524 Å². The molecule has 0 aliphatic heterocycles. The Bertz CT molecular complexity index is 2030. The van der Waals surface area contributed by atoms with Crippen LogP contribution in [0.3, 0.4) is 0 Å². The Kier molecular flexibility index (Phi) is 54.3. The number of hydrogen-bond acceptors (Lipinski definition) is 18. The molecule has 0 saturated heterocycles. The molecule has 5 amide bonds. The Hall–Kier alpha value is -6.20. The van der Waals surface area contributed by atoms with E-state index in [1.165, 1.54) is 32.6 Å². The highest BCUT2D eigenvalue weighted by molar-refractivity contribution is 5.88. The molecule has 0 bridgehead atoms. The van der Waals surface area contributed by atoms with Crippen LogP contribution >= 0.6 is 0 Å². The van der Waals surface area contributed by atoms with Gasteiger partial charge in [0.15, 0.2) is 0 Å². The lowest BCUT2D eigenvalue weighted by Gasteiger charge is -2.19. The second-order valence-corrected chi connectivity index (χ2v) is 21.7. The van der Waals surface area contributed by atoms with Crippen LogP contribution in [0.2, 0.25) is 0 Å². The molecule has 0 unspecified atom stereocenters. The lowest BCUT2D eigenvalue weighted by Crippen LogP contribution is -2.47. The summed E-state index contributed by atoms with van der Waals surface area (Å²) in [7, 11) is 0. The Morgan fingerprint density at radius 1 is 0.404 bits per heavy atom. The van der Waals surface area contributed by atoms with Crippen molar-refractivity contribution in [2.24, 2.45) is 5.92 Å². The summed E-state index contributed by atoms with van der Waals surface area (Å²) in [6, 6.07) is -5.34. The Morgan fingerprint density at radius 2 is 0.820 bits per heavy atom. The first-order chi connectivity index (χ1) is 42.5. The van der Waals surface area contributed by atoms with E-state index in [0.717, 1.165) is 64.2 Å². The molecule has 0 aromatic carbocycles. The molecular formula is C61H108N6O22. The highest BCUT2D eigenvalue weighted by Gasteiger charge is 2.28. The Balaban J connectivity index is 0. The van der Waals surface area contributed by atoms with Gasteiger partial charge in [-0.15, -0.1) is 0 Å². The third kappa shape index (κ3) is 52.3. The zero-order chi connectivity index (χ0) is 67.0. The smallest absolute Gasteiger partial charge is 0.326 e. The first kappa shape index (κ1) is 84.9.